The van der Waals surface area contributed by atoms with Crippen molar-refractivity contribution in [3.8, 4) is 0 Å². The highest BCUT2D eigenvalue weighted by molar-refractivity contribution is 8.00. The Morgan fingerprint density at radius 3 is 2.75 bits per heavy atom. The molecule has 24 heavy (non-hydrogen) atoms. The van der Waals surface area contributed by atoms with Crippen molar-refractivity contribution < 1.29 is 9.59 Å². The molecule has 1 saturated heterocycles. The first-order valence-corrected chi connectivity index (χ1v) is 9.51. The maximum atomic E-state index is 12.3. The summed E-state index contributed by atoms with van der Waals surface area (Å²) in [6, 6.07) is 8.21. The van der Waals surface area contributed by atoms with Crippen LogP contribution in [0.2, 0.25) is 0 Å². The molecule has 132 valence electrons. The van der Waals surface area contributed by atoms with Gasteiger partial charge in [-0.05, 0) is 38.8 Å². The first kappa shape index (κ1) is 18.6. The third kappa shape index (κ3) is 4.23. The minimum atomic E-state index is -0.0701. The lowest BCUT2D eigenvalue weighted by molar-refractivity contribution is -0.128. The van der Waals surface area contributed by atoms with Gasteiger partial charge >= 0.3 is 6.03 Å². The van der Waals surface area contributed by atoms with Gasteiger partial charge in [0, 0.05) is 25.7 Å². The molecule has 1 aliphatic rings. The molecule has 0 aromatic heterocycles. The van der Waals surface area contributed by atoms with Gasteiger partial charge in [-0.3, -0.25) is 4.79 Å². The smallest absolute Gasteiger partial charge is 0.317 e. The van der Waals surface area contributed by atoms with Crippen LogP contribution in [0, 0.1) is 6.92 Å². The lowest BCUT2D eigenvalue weighted by Crippen LogP contribution is -2.47. The molecule has 2 rings (SSSR count). The van der Waals surface area contributed by atoms with Crippen molar-refractivity contribution in [2.24, 2.45) is 0 Å². The molecule has 0 radical (unpaired) electrons. The molecule has 0 aliphatic carbocycles. The van der Waals surface area contributed by atoms with Gasteiger partial charge in [0.05, 0.1) is 5.75 Å². The van der Waals surface area contributed by atoms with Crippen LogP contribution in [-0.4, -0.2) is 53.2 Å². The molecule has 3 amide bonds. The lowest BCUT2D eigenvalue weighted by atomic mass is 10.1. The molecule has 1 N–H and O–H groups in total. The Labute approximate surface area is 148 Å². The summed E-state index contributed by atoms with van der Waals surface area (Å²) < 4.78 is 0. The fourth-order valence-electron chi connectivity index (χ4n) is 2.88. The Kier molecular flexibility index (Phi) is 6.54. The van der Waals surface area contributed by atoms with E-state index in [1.807, 2.05) is 37.8 Å². The minimum Gasteiger partial charge on any atom is -0.338 e. The highest BCUT2D eigenvalue weighted by atomic mass is 32.2. The largest absolute Gasteiger partial charge is 0.338 e. The summed E-state index contributed by atoms with van der Waals surface area (Å²) in [6.45, 7) is 9.67. The van der Waals surface area contributed by atoms with E-state index in [4.69, 9.17) is 0 Å². The molecule has 0 bridgehead atoms. The monoisotopic (exact) mass is 349 g/mol. The summed E-state index contributed by atoms with van der Waals surface area (Å²) in [4.78, 5) is 28.2. The van der Waals surface area contributed by atoms with Gasteiger partial charge < -0.3 is 15.1 Å². The van der Waals surface area contributed by atoms with Crippen molar-refractivity contribution in [2.45, 2.75) is 39.1 Å². The van der Waals surface area contributed by atoms with Crippen molar-refractivity contribution >= 4 is 23.7 Å². The normalized spacial score (nSPS) is 17.5. The van der Waals surface area contributed by atoms with Gasteiger partial charge in [-0.2, -0.15) is 0 Å². The maximum absolute atomic E-state index is 12.3. The Balaban J connectivity index is 2.09. The van der Waals surface area contributed by atoms with E-state index in [1.165, 1.54) is 11.1 Å². The van der Waals surface area contributed by atoms with Crippen LogP contribution in [0.3, 0.4) is 0 Å². The van der Waals surface area contributed by atoms with Gasteiger partial charge in [-0.15, -0.1) is 11.8 Å². The second-order valence-electron chi connectivity index (χ2n) is 6.23. The number of rotatable bonds is 6. The molecule has 1 fully saturated rings. The first-order chi connectivity index (χ1) is 11.5. The Morgan fingerprint density at radius 2 is 2.12 bits per heavy atom. The fourth-order valence-corrected chi connectivity index (χ4v) is 4.19. The van der Waals surface area contributed by atoms with Gasteiger partial charge in [0.2, 0.25) is 5.91 Å². The molecular weight excluding hydrogens is 322 g/mol. The summed E-state index contributed by atoms with van der Waals surface area (Å²) in [5.41, 5.74) is 2.38. The highest BCUT2D eigenvalue weighted by Crippen LogP contribution is 2.39. The highest BCUT2D eigenvalue weighted by Gasteiger charge is 2.34. The van der Waals surface area contributed by atoms with Crippen LogP contribution in [-0.2, 0) is 4.79 Å². The van der Waals surface area contributed by atoms with E-state index >= 15 is 0 Å². The molecule has 1 heterocycles. The number of amides is 3. The number of nitrogens with one attached hydrogen (secondary N) is 1. The summed E-state index contributed by atoms with van der Waals surface area (Å²) in [5.74, 6) is 0.648. The fraction of sp³-hybridized carbons (Fsp3) is 0.556. The number of carbonyl (C=O) groups is 2. The van der Waals surface area contributed by atoms with Crippen molar-refractivity contribution in [3.63, 3.8) is 0 Å². The number of aryl methyl sites for hydroxylation is 1. The molecule has 0 spiro atoms. The minimum absolute atomic E-state index is 0.0435. The zero-order valence-corrected chi connectivity index (χ0v) is 15.7. The number of carbonyl (C=O) groups excluding carboxylic acids is 2. The van der Waals surface area contributed by atoms with Crippen LogP contribution < -0.4 is 5.32 Å². The van der Waals surface area contributed by atoms with E-state index in [-0.39, 0.29) is 23.4 Å². The molecular formula is C18H27N3O2S. The molecule has 5 nitrogen and oxygen atoms in total. The van der Waals surface area contributed by atoms with Crippen LogP contribution in [0.1, 0.15) is 37.3 Å². The predicted octanol–water partition coefficient (Wildman–Crippen LogP) is 3.01. The number of hydrogen-bond donors (Lipinski definition) is 1. The van der Waals surface area contributed by atoms with Crippen molar-refractivity contribution in [3.05, 3.63) is 35.4 Å². The van der Waals surface area contributed by atoms with Gasteiger partial charge in [0.1, 0.15) is 5.37 Å². The van der Waals surface area contributed by atoms with Gasteiger partial charge in [-0.25, -0.2) is 4.79 Å². The molecule has 1 aromatic rings. The second kappa shape index (κ2) is 8.42. The molecule has 1 unspecified atom stereocenters. The van der Waals surface area contributed by atoms with E-state index in [0.29, 0.717) is 25.4 Å². The lowest BCUT2D eigenvalue weighted by Gasteiger charge is -2.31. The van der Waals surface area contributed by atoms with Gasteiger partial charge in [0.25, 0.3) is 0 Å². The number of thioether (sulfide) groups is 1. The number of hydrogen-bond acceptors (Lipinski definition) is 3. The zero-order valence-electron chi connectivity index (χ0n) is 14.9. The van der Waals surface area contributed by atoms with Gasteiger partial charge in [-0.1, -0.05) is 24.3 Å². The Morgan fingerprint density at radius 1 is 1.42 bits per heavy atom. The van der Waals surface area contributed by atoms with E-state index in [1.54, 1.807) is 16.7 Å². The Bertz CT molecular complexity index is 591. The van der Waals surface area contributed by atoms with Crippen LogP contribution in [0.4, 0.5) is 4.79 Å². The maximum Gasteiger partial charge on any atom is 0.317 e. The van der Waals surface area contributed by atoms with E-state index in [2.05, 4.69) is 24.4 Å². The van der Waals surface area contributed by atoms with E-state index in [9.17, 15) is 9.59 Å². The number of nitrogens with zero attached hydrogens (tertiary/aromatic N) is 2. The topological polar surface area (TPSA) is 52.7 Å². The van der Waals surface area contributed by atoms with Crippen LogP contribution in [0.15, 0.2) is 24.3 Å². The molecule has 0 saturated carbocycles. The standard InChI is InChI=1S/C18H27N3O2S/c1-5-19-18(23)20(13(2)3)10-11-21-16(22)12-24-17(21)15-9-7-6-8-14(15)4/h6-9,13,17H,5,10-12H2,1-4H3,(H,19,23). The van der Waals surface area contributed by atoms with Crippen molar-refractivity contribution in [1.29, 1.82) is 0 Å². The Hall–Kier alpha value is -1.69. The summed E-state index contributed by atoms with van der Waals surface area (Å²) in [6.07, 6.45) is 0. The van der Waals surface area contributed by atoms with Crippen LogP contribution in [0.25, 0.3) is 0 Å². The third-order valence-electron chi connectivity index (χ3n) is 4.22. The average Bonchev–Trinajstić information content (AvgIpc) is 2.89. The second-order valence-corrected chi connectivity index (χ2v) is 7.30. The van der Waals surface area contributed by atoms with Crippen LogP contribution >= 0.6 is 11.8 Å². The quantitative estimate of drug-likeness (QED) is 0.859. The number of benzene rings is 1. The molecule has 1 aliphatic heterocycles. The first-order valence-electron chi connectivity index (χ1n) is 8.46. The van der Waals surface area contributed by atoms with E-state index in [0.717, 1.165) is 0 Å². The predicted molar refractivity (Wildman–Crippen MR) is 99.0 cm³/mol. The van der Waals surface area contributed by atoms with Crippen molar-refractivity contribution in [2.75, 3.05) is 25.4 Å². The third-order valence-corrected chi connectivity index (χ3v) is 5.45. The van der Waals surface area contributed by atoms with Crippen molar-refractivity contribution in [1.82, 2.24) is 15.1 Å². The molecule has 1 atom stereocenters. The summed E-state index contributed by atoms with van der Waals surface area (Å²) in [7, 11) is 0. The van der Waals surface area contributed by atoms with E-state index < -0.39 is 0 Å². The van der Waals surface area contributed by atoms with Gasteiger partial charge in [0.15, 0.2) is 0 Å². The summed E-state index contributed by atoms with van der Waals surface area (Å²) >= 11 is 1.66. The average molecular weight is 350 g/mol. The molecule has 1 aromatic carbocycles. The van der Waals surface area contributed by atoms with Crippen LogP contribution in [0.5, 0.6) is 0 Å². The molecule has 6 heteroatoms. The SMILES string of the molecule is CCNC(=O)N(CCN1C(=O)CSC1c1ccccc1C)C(C)C. The number of urea groups is 1. The summed E-state index contributed by atoms with van der Waals surface area (Å²) in [5, 5.41) is 2.89. The zero-order chi connectivity index (χ0) is 17.7.